The van der Waals surface area contributed by atoms with Crippen molar-refractivity contribution >= 4 is 17.5 Å². The van der Waals surface area contributed by atoms with Crippen LogP contribution in [0.3, 0.4) is 0 Å². The summed E-state index contributed by atoms with van der Waals surface area (Å²) in [6.45, 7) is 2.13. The van der Waals surface area contributed by atoms with E-state index in [-0.39, 0.29) is 5.91 Å². The normalized spacial score (nSPS) is 17.2. The summed E-state index contributed by atoms with van der Waals surface area (Å²) < 4.78 is 16.1. The number of carbonyl (C=O) groups is 1. The van der Waals surface area contributed by atoms with Gasteiger partial charge < -0.3 is 18.9 Å². The highest BCUT2D eigenvalue weighted by atomic mass is 35.5. The van der Waals surface area contributed by atoms with Gasteiger partial charge in [-0.25, -0.2) is 0 Å². The van der Waals surface area contributed by atoms with E-state index in [0.29, 0.717) is 36.3 Å². The van der Waals surface area contributed by atoms with Gasteiger partial charge in [0.25, 0.3) is 0 Å². The van der Waals surface area contributed by atoms with Crippen LogP contribution in [0.5, 0.6) is 11.5 Å². The minimum Gasteiger partial charge on any atom is -0.497 e. The van der Waals surface area contributed by atoms with E-state index >= 15 is 0 Å². The lowest BCUT2D eigenvalue weighted by molar-refractivity contribution is -0.133. The maximum atomic E-state index is 12.4. The van der Waals surface area contributed by atoms with Crippen molar-refractivity contribution in [1.29, 1.82) is 0 Å². The van der Waals surface area contributed by atoms with Crippen LogP contribution >= 0.6 is 11.6 Å². The first-order valence-electron chi connectivity index (χ1n) is 8.80. The van der Waals surface area contributed by atoms with Gasteiger partial charge in [-0.05, 0) is 37.1 Å². The molecule has 0 saturated carbocycles. The number of piperidine rings is 1. The van der Waals surface area contributed by atoms with E-state index < -0.39 is 0 Å². The van der Waals surface area contributed by atoms with Crippen LogP contribution in [-0.2, 0) is 11.2 Å². The van der Waals surface area contributed by atoms with Crippen LogP contribution in [0.2, 0.25) is 5.15 Å². The molecule has 7 heteroatoms. The number of methoxy groups -OCH3 is 1. The van der Waals surface area contributed by atoms with Gasteiger partial charge in [0.05, 0.1) is 13.7 Å². The zero-order valence-corrected chi connectivity index (χ0v) is 15.6. The van der Waals surface area contributed by atoms with E-state index in [9.17, 15) is 4.79 Å². The molecular formula is C19H23ClN2O4. The van der Waals surface area contributed by atoms with Crippen LogP contribution in [0.25, 0.3) is 0 Å². The highest BCUT2D eigenvalue weighted by Gasteiger charge is 2.24. The minimum atomic E-state index is 0.131. The smallest absolute Gasteiger partial charge is 0.223 e. The van der Waals surface area contributed by atoms with Crippen molar-refractivity contribution in [2.24, 2.45) is 5.92 Å². The molecule has 0 unspecified atom stereocenters. The molecular weight excluding hydrogens is 356 g/mol. The van der Waals surface area contributed by atoms with E-state index in [1.54, 1.807) is 13.2 Å². The fourth-order valence-electron chi connectivity index (χ4n) is 3.11. The van der Waals surface area contributed by atoms with Gasteiger partial charge in [-0.1, -0.05) is 16.8 Å². The van der Waals surface area contributed by atoms with Crippen molar-refractivity contribution in [3.63, 3.8) is 0 Å². The molecule has 0 bridgehead atoms. The van der Waals surface area contributed by atoms with Gasteiger partial charge in [-0.2, -0.15) is 0 Å². The molecule has 6 nitrogen and oxygen atoms in total. The maximum absolute atomic E-state index is 12.4. The van der Waals surface area contributed by atoms with Crippen molar-refractivity contribution < 1.29 is 18.8 Å². The number of ether oxygens (including phenoxy) is 2. The van der Waals surface area contributed by atoms with Crippen molar-refractivity contribution in [3.05, 3.63) is 41.2 Å². The molecule has 26 heavy (non-hydrogen) atoms. The Labute approximate surface area is 158 Å². The summed E-state index contributed by atoms with van der Waals surface area (Å²) in [5, 5.41) is 3.94. The highest BCUT2D eigenvalue weighted by Crippen LogP contribution is 2.22. The van der Waals surface area contributed by atoms with E-state index in [0.717, 1.165) is 37.4 Å². The molecule has 1 aromatic heterocycles. The summed E-state index contributed by atoms with van der Waals surface area (Å²) in [6.07, 6.45) is 2.98. The molecule has 2 aromatic rings. The van der Waals surface area contributed by atoms with Gasteiger partial charge in [0, 0.05) is 37.9 Å². The third kappa shape index (κ3) is 5.14. The van der Waals surface area contributed by atoms with Gasteiger partial charge in [0.2, 0.25) is 5.91 Å². The minimum absolute atomic E-state index is 0.131. The first kappa shape index (κ1) is 18.6. The zero-order valence-electron chi connectivity index (χ0n) is 14.8. The van der Waals surface area contributed by atoms with Crippen LogP contribution in [0.1, 0.15) is 25.0 Å². The Hall–Kier alpha value is -2.21. The first-order chi connectivity index (χ1) is 12.6. The van der Waals surface area contributed by atoms with Gasteiger partial charge in [0.1, 0.15) is 17.3 Å². The number of likely N-dealkylation sites (tertiary alicyclic amines) is 1. The monoisotopic (exact) mass is 378 g/mol. The van der Waals surface area contributed by atoms with E-state index in [4.69, 9.17) is 25.6 Å². The van der Waals surface area contributed by atoms with Crippen molar-refractivity contribution in [3.8, 4) is 11.5 Å². The average Bonchev–Trinajstić information content (AvgIpc) is 3.10. The summed E-state index contributed by atoms with van der Waals surface area (Å²) in [7, 11) is 1.64. The molecule has 1 fully saturated rings. The number of aromatic nitrogens is 1. The lowest BCUT2D eigenvalue weighted by Gasteiger charge is -2.32. The Balaban J connectivity index is 1.44. The summed E-state index contributed by atoms with van der Waals surface area (Å²) in [4.78, 5) is 14.4. The molecule has 3 rings (SSSR count). The van der Waals surface area contributed by atoms with Crippen molar-refractivity contribution in [2.75, 3.05) is 26.8 Å². The number of hydrogen-bond acceptors (Lipinski definition) is 5. The average molecular weight is 379 g/mol. The van der Waals surface area contributed by atoms with Crippen LogP contribution in [0.15, 0.2) is 34.9 Å². The van der Waals surface area contributed by atoms with Gasteiger partial charge >= 0.3 is 0 Å². The number of carbonyl (C=O) groups excluding carboxylic acids is 1. The number of nitrogens with zero attached hydrogens (tertiary/aromatic N) is 2. The molecule has 2 heterocycles. The molecule has 1 amide bonds. The SMILES string of the molecule is COc1ccc(OC[C@H]2CCCN(C(=O)CCc3cc(Cl)no3)C2)cc1. The fraction of sp³-hybridized carbons (Fsp3) is 0.474. The Morgan fingerprint density at radius 3 is 2.81 bits per heavy atom. The standard InChI is InChI=1S/C19H23ClN2O4/c1-24-15-4-6-16(7-5-15)25-13-14-3-2-10-22(12-14)19(23)9-8-17-11-18(20)21-26-17/h4-7,11,14H,2-3,8-10,12-13H2,1H3/t14-/m0/s1. The molecule has 140 valence electrons. The van der Waals surface area contributed by atoms with Crippen molar-refractivity contribution in [2.45, 2.75) is 25.7 Å². The molecule has 0 spiro atoms. The lowest BCUT2D eigenvalue weighted by atomic mass is 9.98. The quantitative estimate of drug-likeness (QED) is 0.736. The summed E-state index contributed by atoms with van der Waals surface area (Å²) in [5.41, 5.74) is 0. The molecule has 0 radical (unpaired) electrons. The Morgan fingerprint density at radius 2 is 2.12 bits per heavy atom. The molecule has 1 saturated heterocycles. The van der Waals surface area contributed by atoms with Gasteiger partial charge in [-0.15, -0.1) is 0 Å². The van der Waals surface area contributed by atoms with E-state index in [1.165, 1.54) is 0 Å². The maximum Gasteiger partial charge on any atom is 0.223 e. The highest BCUT2D eigenvalue weighted by molar-refractivity contribution is 6.29. The van der Waals surface area contributed by atoms with E-state index in [2.05, 4.69) is 5.16 Å². The largest absolute Gasteiger partial charge is 0.497 e. The summed E-state index contributed by atoms with van der Waals surface area (Å²) in [5.74, 6) is 2.73. The number of hydrogen-bond donors (Lipinski definition) is 0. The Morgan fingerprint density at radius 1 is 1.35 bits per heavy atom. The van der Waals surface area contributed by atoms with Crippen LogP contribution in [-0.4, -0.2) is 42.8 Å². The molecule has 1 aromatic carbocycles. The zero-order chi connectivity index (χ0) is 18.4. The number of halogens is 1. The molecule has 1 aliphatic rings. The first-order valence-corrected chi connectivity index (χ1v) is 9.17. The predicted molar refractivity (Wildman–Crippen MR) is 97.6 cm³/mol. The van der Waals surface area contributed by atoms with Gasteiger partial charge in [-0.3, -0.25) is 4.79 Å². The second-order valence-electron chi connectivity index (χ2n) is 6.45. The molecule has 1 atom stereocenters. The fourth-order valence-corrected chi connectivity index (χ4v) is 3.26. The topological polar surface area (TPSA) is 64.8 Å². The molecule has 1 aliphatic heterocycles. The van der Waals surface area contributed by atoms with Crippen molar-refractivity contribution in [1.82, 2.24) is 10.1 Å². The molecule has 0 N–H and O–H groups in total. The number of rotatable bonds is 7. The third-order valence-corrected chi connectivity index (χ3v) is 4.71. The number of aryl methyl sites for hydroxylation is 1. The summed E-state index contributed by atoms with van der Waals surface area (Å²) in [6, 6.07) is 9.19. The Bertz CT molecular complexity index is 717. The molecule has 0 aliphatic carbocycles. The summed E-state index contributed by atoms with van der Waals surface area (Å²) >= 11 is 5.72. The second-order valence-corrected chi connectivity index (χ2v) is 6.84. The van der Waals surface area contributed by atoms with Crippen LogP contribution in [0, 0.1) is 5.92 Å². The number of benzene rings is 1. The Kier molecular flexibility index (Phi) is 6.39. The third-order valence-electron chi connectivity index (χ3n) is 4.53. The number of amides is 1. The predicted octanol–water partition coefficient (Wildman–Crippen LogP) is 3.59. The van der Waals surface area contributed by atoms with Gasteiger partial charge in [0.15, 0.2) is 5.15 Å². The van der Waals surface area contributed by atoms with E-state index in [1.807, 2.05) is 29.2 Å². The van der Waals surface area contributed by atoms with Crippen LogP contribution in [0.4, 0.5) is 0 Å². The lowest BCUT2D eigenvalue weighted by Crippen LogP contribution is -2.41. The van der Waals surface area contributed by atoms with Crippen LogP contribution < -0.4 is 9.47 Å². The second kappa shape index (κ2) is 8.94.